The van der Waals surface area contributed by atoms with Crippen molar-refractivity contribution in [3.63, 3.8) is 0 Å². The predicted molar refractivity (Wildman–Crippen MR) is 85.4 cm³/mol. The molecule has 7 nitrogen and oxygen atoms in total. The maximum atomic E-state index is 12.3. The van der Waals surface area contributed by atoms with Crippen molar-refractivity contribution in [2.45, 2.75) is 13.1 Å². The first kappa shape index (κ1) is 15.7. The van der Waals surface area contributed by atoms with E-state index in [0.717, 1.165) is 19.6 Å². The van der Waals surface area contributed by atoms with Gasteiger partial charge in [0.1, 0.15) is 6.54 Å². The average Bonchev–Trinajstić information content (AvgIpc) is 3.19. The lowest BCUT2D eigenvalue weighted by atomic mass is 10.3. The molecule has 0 unspecified atom stereocenters. The fourth-order valence-corrected chi connectivity index (χ4v) is 3.32. The minimum absolute atomic E-state index is 0.0270. The summed E-state index contributed by atoms with van der Waals surface area (Å²) < 4.78 is 1.38. The summed E-state index contributed by atoms with van der Waals surface area (Å²) >= 11 is 1.75. The van der Waals surface area contributed by atoms with Gasteiger partial charge in [-0.2, -0.15) is 5.10 Å². The number of nitrogens with zero attached hydrogens (tertiary/aromatic N) is 4. The predicted octanol–water partition coefficient (Wildman–Crippen LogP) is 0.987. The Labute approximate surface area is 137 Å². The smallest absolute Gasteiger partial charge is 0.338 e. The molecular weight excluding hydrogens is 316 g/mol. The fourth-order valence-electron chi connectivity index (χ4n) is 2.58. The molecule has 122 valence electrons. The van der Waals surface area contributed by atoms with Gasteiger partial charge in [-0.05, 0) is 11.4 Å². The zero-order chi connectivity index (χ0) is 16.2. The minimum Gasteiger partial charge on any atom is -0.478 e. The Morgan fingerprint density at radius 3 is 2.65 bits per heavy atom. The van der Waals surface area contributed by atoms with Gasteiger partial charge in [0.15, 0.2) is 0 Å². The van der Waals surface area contributed by atoms with E-state index in [1.54, 1.807) is 11.3 Å². The number of amides is 1. The summed E-state index contributed by atoms with van der Waals surface area (Å²) in [5.74, 6) is -1.06. The fraction of sp³-hybridized carbons (Fsp3) is 0.400. The average molecular weight is 334 g/mol. The van der Waals surface area contributed by atoms with Gasteiger partial charge in [0.2, 0.25) is 5.91 Å². The van der Waals surface area contributed by atoms with E-state index in [2.05, 4.69) is 27.5 Å². The molecular formula is C15H18N4O3S. The van der Waals surface area contributed by atoms with Crippen molar-refractivity contribution < 1.29 is 14.7 Å². The molecule has 1 N–H and O–H groups in total. The van der Waals surface area contributed by atoms with Gasteiger partial charge in [-0.1, -0.05) is 6.07 Å². The van der Waals surface area contributed by atoms with E-state index < -0.39 is 5.97 Å². The molecule has 0 radical (unpaired) electrons. The Bertz CT molecular complexity index is 675. The number of hydrogen-bond acceptors (Lipinski definition) is 5. The van der Waals surface area contributed by atoms with Crippen LogP contribution in [0.4, 0.5) is 0 Å². The third kappa shape index (κ3) is 3.96. The number of hydrogen-bond donors (Lipinski definition) is 1. The summed E-state index contributed by atoms with van der Waals surface area (Å²) in [5.41, 5.74) is 0.0959. The summed E-state index contributed by atoms with van der Waals surface area (Å²) in [6.07, 6.45) is 2.64. The molecule has 2 aromatic rings. The van der Waals surface area contributed by atoms with Gasteiger partial charge < -0.3 is 10.0 Å². The topological polar surface area (TPSA) is 78.7 Å². The number of aromatic carboxylic acids is 1. The van der Waals surface area contributed by atoms with Crippen LogP contribution in [0, 0.1) is 0 Å². The van der Waals surface area contributed by atoms with Crippen molar-refractivity contribution >= 4 is 23.2 Å². The van der Waals surface area contributed by atoms with Crippen molar-refractivity contribution in [1.82, 2.24) is 19.6 Å². The summed E-state index contributed by atoms with van der Waals surface area (Å²) in [4.78, 5) is 28.6. The number of piperazine rings is 1. The third-order valence-electron chi connectivity index (χ3n) is 3.86. The van der Waals surface area contributed by atoms with Crippen molar-refractivity contribution in [2.75, 3.05) is 26.2 Å². The first-order valence-electron chi connectivity index (χ1n) is 7.40. The lowest BCUT2D eigenvalue weighted by molar-refractivity contribution is -0.133. The largest absolute Gasteiger partial charge is 0.478 e. The number of carbonyl (C=O) groups is 2. The number of thiophene rings is 1. The zero-order valence-corrected chi connectivity index (χ0v) is 13.4. The van der Waals surface area contributed by atoms with E-state index in [0.29, 0.717) is 13.1 Å². The number of rotatable bonds is 5. The van der Waals surface area contributed by atoms with Crippen molar-refractivity contribution in [2.24, 2.45) is 0 Å². The summed E-state index contributed by atoms with van der Waals surface area (Å²) in [6, 6.07) is 4.18. The molecule has 3 heterocycles. The Kier molecular flexibility index (Phi) is 4.73. The molecule has 0 bridgehead atoms. The number of carboxylic acid groups (broad SMARTS) is 1. The van der Waals surface area contributed by atoms with Crippen LogP contribution in [0.5, 0.6) is 0 Å². The normalized spacial score (nSPS) is 15.7. The van der Waals surface area contributed by atoms with E-state index >= 15 is 0 Å². The highest BCUT2D eigenvalue weighted by Crippen LogP contribution is 2.13. The molecule has 0 atom stereocenters. The highest BCUT2D eigenvalue weighted by atomic mass is 32.1. The molecule has 2 aromatic heterocycles. The van der Waals surface area contributed by atoms with E-state index in [1.807, 2.05) is 4.90 Å². The van der Waals surface area contributed by atoms with Crippen LogP contribution in [0.2, 0.25) is 0 Å². The summed E-state index contributed by atoms with van der Waals surface area (Å²) in [5, 5.41) is 14.9. The molecule has 3 rings (SSSR count). The Morgan fingerprint density at radius 1 is 1.26 bits per heavy atom. The first-order valence-corrected chi connectivity index (χ1v) is 8.28. The summed E-state index contributed by atoms with van der Waals surface area (Å²) in [7, 11) is 0. The van der Waals surface area contributed by atoms with E-state index in [9.17, 15) is 9.59 Å². The van der Waals surface area contributed by atoms with Crippen molar-refractivity contribution in [1.29, 1.82) is 0 Å². The Balaban J connectivity index is 1.48. The van der Waals surface area contributed by atoms with Gasteiger partial charge in [-0.25, -0.2) is 4.79 Å². The van der Waals surface area contributed by atoms with Gasteiger partial charge in [-0.3, -0.25) is 14.4 Å². The highest BCUT2D eigenvalue weighted by molar-refractivity contribution is 7.09. The molecule has 1 amide bonds. The van der Waals surface area contributed by atoms with Crippen LogP contribution in [0.15, 0.2) is 29.9 Å². The molecule has 8 heteroatoms. The second-order valence-electron chi connectivity index (χ2n) is 5.47. The van der Waals surface area contributed by atoms with Crippen LogP contribution < -0.4 is 0 Å². The van der Waals surface area contributed by atoms with Crippen LogP contribution >= 0.6 is 11.3 Å². The van der Waals surface area contributed by atoms with Gasteiger partial charge in [0, 0.05) is 43.8 Å². The van der Waals surface area contributed by atoms with E-state index in [-0.39, 0.29) is 18.0 Å². The van der Waals surface area contributed by atoms with E-state index in [4.69, 9.17) is 5.11 Å². The third-order valence-corrected chi connectivity index (χ3v) is 4.72. The molecule has 1 aliphatic rings. The molecule has 0 aromatic carbocycles. The second kappa shape index (κ2) is 6.93. The van der Waals surface area contributed by atoms with Crippen LogP contribution in [-0.4, -0.2) is 62.7 Å². The number of carboxylic acids is 1. The highest BCUT2D eigenvalue weighted by Gasteiger charge is 2.21. The maximum absolute atomic E-state index is 12.3. The standard InChI is InChI=1S/C15H18N4O3S/c20-14(11-19-9-12(8-16-19)15(21)22)18-5-3-17(4-6-18)10-13-2-1-7-23-13/h1-2,7-9H,3-6,10-11H2,(H,21,22). The molecule has 0 aliphatic carbocycles. The number of carbonyl (C=O) groups excluding carboxylic acids is 1. The SMILES string of the molecule is O=C(O)c1cnn(CC(=O)N2CCN(Cc3cccs3)CC2)c1. The lowest BCUT2D eigenvalue weighted by Crippen LogP contribution is -2.49. The Hall–Kier alpha value is -2.19. The minimum atomic E-state index is -1.04. The van der Waals surface area contributed by atoms with Gasteiger partial charge in [-0.15, -0.1) is 11.3 Å². The van der Waals surface area contributed by atoms with Gasteiger partial charge >= 0.3 is 5.97 Å². The molecule has 23 heavy (non-hydrogen) atoms. The van der Waals surface area contributed by atoms with Gasteiger partial charge in [0.25, 0.3) is 0 Å². The summed E-state index contributed by atoms with van der Waals surface area (Å²) in [6.45, 7) is 4.10. The molecule has 0 saturated carbocycles. The van der Waals surface area contributed by atoms with Crippen LogP contribution in [0.1, 0.15) is 15.2 Å². The number of aromatic nitrogens is 2. The molecule has 0 spiro atoms. The Morgan fingerprint density at radius 2 is 2.04 bits per heavy atom. The maximum Gasteiger partial charge on any atom is 0.338 e. The quantitative estimate of drug-likeness (QED) is 0.882. The van der Waals surface area contributed by atoms with Crippen LogP contribution in [0.3, 0.4) is 0 Å². The van der Waals surface area contributed by atoms with Crippen LogP contribution in [-0.2, 0) is 17.9 Å². The van der Waals surface area contributed by atoms with Crippen molar-refractivity contribution in [3.8, 4) is 0 Å². The van der Waals surface area contributed by atoms with Crippen molar-refractivity contribution in [3.05, 3.63) is 40.3 Å². The lowest BCUT2D eigenvalue weighted by Gasteiger charge is -2.34. The molecule has 1 fully saturated rings. The zero-order valence-electron chi connectivity index (χ0n) is 12.6. The first-order chi connectivity index (χ1) is 11.1. The monoisotopic (exact) mass is 334 g/mol. The van der Waals surface area contributed by atoms with Gasteiger partial charge in [0.05, 0.1) is 11.8 Å². The molecule has 1 aliphatic heterocycles. The van der Waals surface area contributed by atoms with E-state index in [1.165, 1.54) is 22.0 Å². The molecule has 1 saturated heterocycles. The van der Waals surface area contributed by atoms with Crippen LogP contribution in [0.25, 0.3) is 0 Å². The second-order valence-corrected chi connectivity index (χ2v) is 6.50.